The van der Waals surface area contributed by atoms with E-state index in [1.54, 1.807) is 0 Å². The predicted octanol–water partition coefficient (Wildman–Crippen LogP) is 5.82. The Hall–Kier alpha value is -1.96. The Kier molecular flexibility index (Phi) is 5.93. The first-order chi connectivity index (χ1) is 11.5. The largest absolute Gasteiger partial charge is 0.494 e. The molecule has 0 N–H and O–H groups in total. The maximum Gasteiger partial charge on any atom is 0.122 e. The fourth-order valence-electron chi connectivity index (χ4n) is 3.20. The molecule has 0 aromatic heterocycles. The van der Waals surface area contributed by atoms with Gasteiger partial charge in [-0.15, -0.1) is 0 Å². The van der Waals surface area contributed by atoms with Gasteiger partial charge in [0.15, 0.2) is 0 Å². The van der Waals surface area contributed by atoms with Crippen molar-refractivity contribution in [2.45, 2.75) is 53.4 Å². The normalized spacial score (nSPS) is 11.4. The molecule has 2 aromatic rings. The average Bonchev–Trinajstić information content (AvgIpc) is 2.58. The molecule has 0 saturated heterocycles. The van der Waals surface area contributed by atoms with E-state index in [1.807, 2.05) is 13.8 Å². The van der Waals surface area contributed by atoms with Gasteiger partial charge in [-0.05, 0) is 68.5 Å². The van der Waals surface area contributed by atoms with Crippen molar-refractivity contribution in [2.75, 3.05) is 13.2 Å². The van der Waals surface area contributed by atoms with Crippen LogP contribution in [0.15, 0.2) is 36.4 Å². The maximum absolute atomic E-state index is 5.69. The first-order valence-electron chi connectivity index (χ1n) is 8.94. The molecule has 0 aliphatic rings. The number of hydrogen-bond donors (Lipinski definition) is 0. The molecular weight excluding hydrogens is 296 g/mol. The zero-order chi connectivity index (χ0) is 17.7. The summed E-state index contributed by atoms with van der Waals surface area (Å²) in [5.41, 5.74) is 5.02. The first kappa shape index (κ1) is 18.4. The summed E-state index contributed by atoms with van der Waals surface area (Å²) in [6, 6.07) is 13.1. The van der Waals surface area contributed by atoms with E-state index < -0.39 is 0 Å². The molecule has 0 radical (unpaired) electrons. The van der Waals surface area contributed by atoms with Crippen LogP contribution >= 0.6 is 0 Å². The molecule has 0 saturated carbocycles. The standard InChI is InChI=1S/C22H30O2/c1-7-22(6,18-10-12-20(23-8-2)16(4)14-18)19-11-13-21(24-9-3)17(5)15-19/h10-15H,7-9H2,1-6H3. The van der Waals surface area contributed by atoms with Crippen LogP contribution in [0.2, 0.25) is 0 Å². The fraction of sp³-hybridized carbons (Fsp3) is 0.455. The van der Waals surface area contributed by atoms with Crippen molar-refractivity contribution in [1.82, 2.24) is 0 Å². The SMILES string of the molecule is CCOc1ccc(C(C)(CC)c2ccc(OCC)c(C)c2)cc1C. The van der Waals surface area contributed by atoms with Crippen LogP contribution in [-0.4, -0.2) is 13.2 Å². The lowest BCUT2D eigenvalue weighted by atomic mass is 9.73. The minimum atomic E-state index is -0.0228. The zero-order valence-corrected chi connectivity index (χ0v) is 15.9. The van der Waals surface area contributed by atoms with Gasteiger partial charge in [-0.2, -0.15) is 0 Å². The van der Waals surface area contributed by atoms with Crippen LogP contribution in [0.4, 0.5) is 0 Å². The van der Waals surface area contributed by atoms with E-state index in [1.165, 1.54) is 22.3 Å². The Morgan fingerprint density at radius 1 is 0.750 bits per heavy atom. The van der Waals surface area contributed by atoms with Gasteiger partial charge in [0.05, 0.1) is 13.2 Å². The molecule has 0 aliphatic heterocycles. The van der Waals surface area contributed by atoms with Gasteiger partial charge in [0, 0.05) is 5.41 Å². The fourth-order valence-corrected chi connectivity index (χ4v) is 3.20. The molecule has 2 heteroatoms. The Labute approximate surface area is 146 Å². The van der Waals surface area contributed by atoms with E-state index in [0.29, 0.717) is 13.2 Å². The molecule has 2 rings (SSSR count). The summed E-state index contributed by atoms with van der Waals surface area (Å²) >= 11 is 0. The Morgan fingerprint density at radius 2 is 1.17 bits per heavy atom. The van der Waals surface area contributed by atoms with Crippen LogP contribution < -0.4 is 9.47 Å². The van der Waals surface area contributed by atoms with Crippen LogP contribution in [0.25, 0.3) is 0 Å². The Morgan fingerprint density at radius 3 is 1.46 bits per heavy atom. The van der Waals surface area contributed by atoms with Gasteiger partial charge >= 0.3 is 0 Å². The molecule has 2 nitrogen and oxygen atoms in total. The molecule has 2 aromatic carbocycles. The lowest BCUT2D eigenvalue weighted by Gasteiger charge is -2.31. The summed E-state index contributed by atoms with van der Waals surface area (Å²) in [7, 11) is 0. The lowest BCUT2D eigenvalue weighted by Crippen LogP contribution is -2.23. The van der Waals surface area contributed by atoms with Crippen molar-refractivity contribution in [3.8, 4) is 11.5 Å². The molecule has 0 atom stereocenters. The number of ether oxygens (including phenoxy) is 2. The van der Waals surface area contributed by atoms with Crippen LogP contribution in [0, 0.1) is 13.8 Å². The smallest absolute Gasteiger partial charge is 0.122 e. The highest BCUT2D eigenvalue weighted by molar-refractivity contribution is 5.47. The van der Waals surface area contributed by atoms with Crippen LogP contribution in [-0.2, 0) is 5.41 Å². The lowest BCUT2D eigenvalue weighted by molar-refractivity contribution is 0.337. The minimum Gasteiger partial charge on any atom is -0.494 e. The summed E-state index contributed by atoms with van der Waals surface area (Å²) in [6.07, 6.45) is 1.04. The van der Waals surface area contributed by atoms with Gasteiger partial charge in [0.2, 0.25) is 0 Å². The topological polar surface area (TPSA) is 18.5 Å². The van der Waals surface area contributed by atoms with E-state index in [9.17, 15) is 0 Å². The summed E-state index contributed by atoms with van der Waals surface area (Å²) in [4.78, 5) is 0. The third-order valence-corrected chi connectivity index (χ3v) is 4.93. The summed E-state index contributed by atoms with van der Waals surface area (Å²) in [6.45, 7) is 14.2. The van der Waals surface area contributed by atoms with Crippen LogP contribution in [0.3, 0.4) is 0 Å². The second-order valence-electron chi connectivity index (χ2n) is 6.51. The highest BCUT2D eigenvalue weighted by Crippen LogP contribution is 2.38. The highest BCUT2D eigenvalue weighted by atomic mass is 16.5. The number of aryl methyl sites for hydroxylation is 2. The van der Waals surface area contributed by atoms with Crippen molar-refractivity contribution in [1.29, 1.82) is 0 Å². The summed E-state index contributed by atoms with van der Waals surface area (Å²) in [5.74, 6) is 1.95. The van der Waals surface area contributed by atoms with E-state index in [-0.39, 0.29) is 5.41 Å². The van der Waals surface area contributed by atoms with E-state index in [0.717, 1.165) is 17.9 Å². The molecule has 0 unspecified atom stereocenters. The summed E-state index contributed by atoms with van der Waals surface area (Å²) < 4.78 is 11.4. The first-order valence-corrected chi connectivity index (χ1v) is 8.94. The number of hydrogen-bond acceptors (Lipinski definition) is 2. The molecular formula is C22H30O2. The van der Waals surface area contributed by atoms with Crippen LogP contribution in [0.1, 0.15) is 56.4 Å². The predicted molar refractivity (Wildman–Crippen MR) is 101 cm³/mol. The van der Waals surface area contributed by atoms with Crippen molar-refractivity contribution in [3.05, 3.63) is 58.7 Å². The van der Waals surface area contributed by atoms with Crippen molar-refractivity contribution >= 4 is 0 Å². The zero-order valence-electron chi connectivity index (χ0n) is 15.9. The minimum absolute atomic E-state index is 0.0228. The second-order valence-corrected chi connectivity index (χ2v) is 6.51. The molecule has 0 spiro atoms. The molecule has 24 heavy (non-hydrogen) atoms. The number of rotatable bonds is 7. The molecule has 0 fully saturated rings. The van der Waals surface area contributed by atoms with Gasteiger partial charge in [0.25, 0.3) is 0 Å². The third-order valence-electron chi connectivity index (χ3n) is 4.93. The quantitative estimate of drug-likeness (QED) is 0.638. The second kappa shape index (κ2) is 7.74. The van der Waals surface area contributed by atoms with Gasteiger partial charge < -0.3 is 9.47 Å². The Balaban J connectivity index is 2.44. The van der Waals surface area contributed by atoms with Crippen molar-refractivity contribution < 1.29 is 9.47 Å². The molecule has 0 amide bonds. The van der Waals surface area contributed by atoms with Gasteiger partial charge in [0.1, 0.15) is 11.5 Å². The van der Waals surface area contributed by atoms with Gasteiger partial charge in [-0.1, -0.05) is 38.1 Å². The molecule has 0 aliphatic carbocycles. The third kappa shape index (κ3) is 3.58. The van der Waals surface area contributed by atoms with Crippen molar-refractivity contribution in [2.24, 2.45) is 0 Å². The van der Waals surface area contributed by atoms with Gasteiger partial charge in [-0.25, -0.2) is 0 Å². The van der Waals surface area contributed by atoms with Crippen LogP contribution in [0.5, 0.6) is 11.5 Å². The average molecular weight is 326 g/mol. The number of benzene rings is 2. The Bertz CT molecular complexity index is 633. The van der Waals surface area contributed by atoms with Crippen molar-refractivity contribution in [3.63, 3.8) is 0 Å². The molecule has 0 heterocycles. The van der Waals surface area contributed by atoms with E-state index >= 15 is 0 Å². The van der Waals surface area contributed by atoms with E-state index in [4.69, 9.17) is 9.47 Å². The summed E-state index contributed by atoms with van der Waals surface area (Å²) in [5, 5.41) is 0. The maximum atomic E-state index is 5.69. The monoisotopic (exact) mass is 326 g/mol. The molecule has 0 bridgehead atoms. The van der Waals surface area contributed by atoms with E-state index in [2.05, 4.69) is 64.1 Å². The van der Waals surface area contributed by atoms with Gasteiger partial charge in [-0.3, -0.25) is 0 Å². The highest BCUT2D eigenvalue weighted by Gasteiger charge is 2.28. The molecule has 130 valence electrons.